The smallest absolute Gasteiger partial charge is 0.296 e. The van der Waals surface area contributed by atoms with Gasteiger partial charge in [-0.1, -0.05) is 121 Å². The zero-order valence-corrected chi connectivity index (χ0v) is 29.8. The summed E-state index contributed by atoms with van der Waals surface area (Å²) in [7, 11) is 0. The van der Waals surface area contributed by atoms with Crippen LogP contribution in [0.25, 0.3) is 22.2 Å². The predicted molar refractivity (Wildman–Crippen MR) is 210 cm³/mol. The Hall–Kier alpha value is -7.79. The maximum absolute atomic E-state index is 14.0. The van der Waals surface area contributed by atoms with Gasteiger partial charge >= 0.3 is 0 Å². The summed E-state index contributed by atoms with van der Waals surface area (Å²) in [5.74, 6) is -2.22. The van der Waals surface area contributed by atoms with Gasteiger partial charge in [-0.25, -0.2) is 8.78 Å². The molecule has 2 N–H and O–H groups in total. The molecule has 0 saturated heterocycles. The quantitative estimate of drug-likeness (QED) is 0.0716. The Morgan fingerprint density at radius 2 is 1.11 bits per heavy atom. The minimum Gasteiger partial charge on any atom is -0.321 e. The normalized spacial score (nSPS) is 12.4. The first-order valence-corrected chi connectivity index (χ1v) is 17.5. The van der Waals surface area contributed by atoms with E-state index in [0.29, 0.717) is 55.7 Å². The minimum atomic E-state index is -0.699. The van der Waals surface area contributed by atoms with Gasteiger partial charge in [0.15, 0.2) is 23.1 Å². The number of H-pyrrole nitrogens is 1. The highest BCUT2D eigenvalue weighted by Gasteiger charge is 2.33. The Kier molecular flexibility index (Phi) is 11.0. The molecule has 11 heteroatoms. The molecule has 0 radical (unpaired) electrons. The molecule has 0 fully saturated rings. The summed E-state index contributed by atoms with van der Waals surface area (Å²) in [5, 5.41) is 2.88. The van der Waals surface area contributed by atoms with E-state index in [0.717, 1.165) is 6.07 Å². The number of amides is 1. The van der Waals surface area contributed by atoms with E-state index in [9.17, 15) is 32.8 Å². The number of fused-ring (bicyclic) bond motifs is 4. The Labute approximate surface area is 324 Å². The number of carbonyl (C=O) groups excluding carboxylic acids is 5. The van der Waals surface area contributed by atoms with Gasteiger partial charge in [0.05, 0.1) is 28.8 Å². The van der Waals surface area contributed by atoms with Crippen LogP contribution < -0.4 is 10.2 Å². The molecule has 0 saturated carbocycles. The van der Waals surface area contributed by atoms with Gasteiger partial charge in [0.2, 0.25) is 0 Å². The van der Waals surface area contributed by atoms with Gasteiger partial charge in [-0.3, -0.25) is 33.7 Å². The van der Waals surface area contributed by atoms with E-state index in [1.54, 1.807) is 78.9 Å². The Morgan fingerprint density at radius 3 is 1.70 bits per heavy atom. The molecule has 9 rings (SSSR count). The highest BCUT2D eigenvalue weighted by Crippen LogP contribution is 2.43. The molecule has 57 heavy (non-hydrogen) atoms. The Balaban J connectivity index is 0.000000145. The third kappa shape index (κ3) is 8.32. The molecular formula is C46H30F2N2O7. The predicted octanol–water partition coefficient (Wildman–Crippen LogP) is 9.49. The van der Waals surface area contributed by atoms with Crippen LogP contribution in [0.3, 0.4) is 0 Å². The van der Waals surface area contributed by atoms with Gasteiger partial charge in [0, 0.05) is 33.2 Å². The van der Waals surface area contributed by atoms with Crippen LogP contribution in [0.5, 0.6) is 5.88 Å². The lowest BCUT2D eigenvalue weighted by Gasteiger charge is -2.20. The zero-order chi connectivity index (χ0) is 39.9. The van der Waals surface area contributed by atoms with E-state index in [2.05, 4.69) is 10.3 Å². The van der Waals surface area contributed by atoms with Gasteiger partial charge < -0.3 is 10.3 Å². The van der Waals surface area contributed by atoms with Gasteiger partial charge in [-0.05, 0) is 36.4 Å². The maximum atomic E-state index is 14.0. The number of hydrogen-bond acceptors (Lipinski definition) is 7. The standard InChI is InChI=1S/C23H14FNO3.C15H12O2.C8H4FNO2/c24-16-11-12-18-17(13-16)19-20(21(26)14-7-3-1-4-8-14)22(27-28-23(19)25-18)15-9-5-2-6-10-15;16-14(12-7-3-1-4-8-12)11-15(17)13-9-5-2-6-10-13;9-4-1-2-6-5(3-4)7(11)8(12)10-6/h1-13,25H;1-10H,11H2;1-3H,(H,10,11,12). The third-order valence-electron chi connectivity index (χ3n) is 8.90. The van der Waals surface area contributed by atoms with Crippen LogP contribution in [0.15, 0.2) is 158 Å². The number of aromatic amines is 1. The number of carbonyl (C=O) groups is 5. The number of hydrogen-bond donors (Lipinski definition) is 2. The minimum absolute atomic E-state index is 0.0754. The van der Waals surface area contributed by atoms with Crippen molar-refractivity contribution in [2.24, 2.45) is 0 Å². The second kappa shape index (κ2) is 16.7. The van der Waals surface area contributed by atoms with E-state index < -0.39 is 23.3 Å². The molecule has 0 spiro atoms. The number of rotatable bonds is 7. The number of ketones is 4. The number of benzene rings is 6. The van der Waals surface area contributed by atoms with Crippen LogP contribution in [-0.4, -0.2) is 34.0 Å². The first-order valence-electron chi connectivity index (χ1n) is 17.5. The molecule has 2 aliphatic rings. The average molecular weight is 761 g/mol. The van der Waals surface area contributed by atoms with Crippen molar-refractivity contribution < 1.29 is 42.5 Å². The average Bonchev–Trinajstić information content (AvgIpc) is 3.76. The molecule has 0 bridgehead atoms. The lowest BCUT2D eigenvalue weighted by Crippen LogP contribution is -2.14. The first-order chi connectivity index (χ1) is 27.7. The molecule has 0 aliphatic carbocycles. The van der Waals surface area contributed by atoms with Gasteiger partial charge in [0.25, 0.3) is 17.6 Å². The van der Waals surface area contributed by atoms with E-state index in [-0.39, 0.29) is 35.2 Å². The Bertz CT molecular complexity index is 2630. The molecule has 3 heterocycles. The summed E-state index contributed by atoms with van der Waals surface area (Å²) in [6.45, 7) is 0. The Morgan fingerprint density at radius 1 is 0.579 bits per heavy atom. The highest BCUT2D eigenvalue weighted by atomic mass is 19.1. The van der Waals surface area contributed by atoms with Crippen LogP contribution in [0.4, 0.5) is 14.5 Å². The van der Waals surface area contributed by atoms with Crippen LogP contribution in [0, 0.1) is 11.6 Å². The van der Waals surface area contributed by atoms with Gasteiger partial charge in [0.1, 0.15) is 11.6 Å². The molecular weight excluding hydrogens is 731 g/mol. The fourth-order valence-electron chi connectivity index (χ4n) is 6.13. The van der Waals surface area contributed by atoms with Crippen molar-refractivity contribution in [3.63, 3.8) is 0 Å². The number of nitrogens with one attached hydrogen (secondary N) is 2. The van der Waals surface area contributed by atoms with E-state index in [1.165, 1.54) is 24.3 Å². The molecule has 280 valence electrons. The lowest BCUT2D eigenvalue weighted by molar-refractivity contribution is -0.138. The summed E-state index contributed by atoms with van der Waals surface area (Å²) >= 11 is 0. The summed E-state index contributed by atoms with van der Waals surface area (Å²) < 4.78 is 26.5. The number of anilines is 1. The maximum Gasteiger partial charge on any atom is 0.296 e. The summed E-state index contributed by atoms with van der Waals surface area (Å²) in [6, 6.07) is 43.9. The van der Waals surface area contributed by atoms with Crippen LogP contribution >= 0.6 is 0 Å². The number of halogens is 2. The van der Waals surface area contributed by atoms with Crippen molar-refractivity contribution in [2.75, 3.05) is 5.32 Å². The van der Waals surface area contributed by atoms with Gasteiger partial charge in [-0.15, -0.1) is 0 Å². The van der Waals surface area contributed by atoms with E-state index >= 15 is 0 Å². The van der Waals surface area contributed by atoms with Gasteiger partial charge in [-0.2, -0.15) is 0 Å². The molecule has 0 unspecified atom stereocenters. The van der Waals surface area contributed by atoms with E-state index in [4.69, 9.17) is 9.78 Å². The van der Waals surface area contributed by atoms with Crippen LogP contribution in [0.2, 0.25) is 0 Å². The molecule has 6 aromatic carbocycles. The summed E-state index contributed by atoms with van der Waals surface area (Å²) in [4.78, 5) is 72.9. The number of allylic oxidation sites excluding steroid dienone is 1. The lowest BCUT2D eigenvalue weighted by atomic mass is 9.92. The third-order valence-corrected chi connectivity index (χ3v) is 8.90. The van der Waals surface area contributed by atoms with Crippen molar-refractivity contribution in [2.45, 2.75) is 6.42 Å². The van der Waals surface area contributed by atoms with Crippen molar-refractivity contribution >= 4 is 57.0 Å². The van der Waals surface area contributed by atoms with Crippen molar-refractivity contribution in [1.29, 1.82) is 0 Å². The van der Waals surface area contributed by atoms with E-state index in [1.807, 2.05) is 48.5 Å². The van der Waals surface area contributed by atoms with Crippen LogP contribution in [-0.2, 0) is 9.68 Å². The zero-order valence-electron chi connectivity index (χ0n) is 29.8. The second-order valence-corrected chi connectivity index (χ2v) is 12.7. The molecule has 0 atom stereocenters. The monoisotopic (exact) mass is 760 g/mol. The SMILES string of the molecule is O=C(C1=C(c2ccccc2)OOc2[nH]c3ccc(F)cc3c21)c1ccccc1.O=C(CC(=O)c1ccccc1)c1ccccc1.O=C1Nc2ccc(F)cc2C1=O. The highest BCUT2D eigenvalue weighted by molar-refractivity contribution is 6.51. The number of aromatic nitrogens is 1. The molecule has 7 aromatic rings. The summed E-state index contributed by atoms with van der Waals surface area (Å²) in [5.41, 5.74) is 4.33. The van der Waals surface area contributed by atoms with Crippen molar-refractivity contribution in [1.82, 2.24) is 4.98 Å². The molecule has 9 nitrogen and oxygen atoms in total. The fraction of sp³-hybridized carbons (Fsp3) is 0.0217. The molecule has 2 aliphatic heterocycles. The van der Waals surface area contributed by atoms with Crippen LogP contribution in [0.1, 0.15) is 59.0 Å². The first kappa shape index (κ1) is 37.5. The van der Waals surface area contributed by atoms with Crippen molar-refractivity contribution in [3.8, 4) is 5.88 Å². The topological polar surface area (TPSA) is 132 Å². The number of Topliss-reactive ketones (excluding diaryl/α,β-unsaturated/α-hetero) is 4. The largest absolute Gasteiger partial charge is 0.321 e. The summed E-state index contributed by atoms with van der Waals surface area (Å²) in [6.07, 6.45) is -0.0754. The molecule has 1 aromatic heterocycles. The molecule has 1 amide bonds. The fourth-order valence-corrected chi connectivity index (χ4v) is 6.13. The van der Waals surface area contributed by atoms with Crippen molar-refractivity contribution in [3.05, 3.63) is 203 Å². The second-order valence-electron chi connectivity index (χ2n) is 12.7.